The van der Waals surface area contributed by atoms with E-state index in [9.17, 15) is 4.79 Å². The quantitative estimate of drug-likeness (QED) is 0.694. The first-order valence-electron chi connectivity index (χ1n) is 8.17. The Morgan fingerprint density at radius 3 is 3.04 bits per heavy atom. The highest BCUT2D eigenvalue weighted by Gasteiger charge is 2.17. The van der Waals surface area contributed by atoms with Crippen molar-refractivity contribution in [1.29, 1.82) is 0 Å². The zero-order valence-electron chi connectivity index (χ0n) is 13.7. The van der Waals surface area contributed by atoms with Gasteiger partial charge in [-0.1, -0.05) is 23.5 Å². The fourth-order valence-corrected chi connectivity index (χ4v) is 3.08. The molecule has 8 nitrogen and oxygen atoms in total. The summed E-state index contributed by atoms with van der Waals surface area (Å²) >= 11 is 1.32. The van der Waals surface area contributed by atoms with Gasteiger partial charge in [-0.05, 0) is 25.0 Å². The van der Waals surface area contributed by atoms with Crippen LogP contribution in [0.2, 0.25) is 0 Å². The van der Waals surface area contributed by atoms with Crippen molar-refractivity contribution in [1.82, 2.24) is 15.5 Å². The number of nitrogen functional groups attached to an aromatic ring is 1. The van der Waals surface area contributed by atoms with Gasteiger partial charge in [0.05, 0.1) is 11.8 Å². The molecule has 0 spiro atoms. The SMILES string of the molecule is Nc1nnc(CCNC(=O)Nc2ccccc2OCC2CCCO2)s1. The molecule has 1 saturated heterocycles. The van der Waals surface area contributed by atoms with Crippen molar-refractivity contribution in [3.8, 4) is 5.75 Å². The molecule has 1 aliphatic rings. The average Bonchev–Trinajstić information content (AvgIpc) is 3.26. The molecule has 0 radical (unpaired) electrons. The number of ether oxygens (including phenoxy) is 2. The molecule has 134 valence electrons. The van der Waals surface area contributed by atoms with Crippen LogP contribution in [0.25, 0.3) is 0 Å². The van der Waals surface area contributed by atoms with Crippen LogP contribution in [0.3, 0.4) is 0 Å². The number of nitrogens with zero attached hydrogens (tertiary/aromatic N) is 2. The molecule has 0 aliphatic carbocycles. The lowest BCUT2D eigenvalue weighted by Gasteiger charge is -2.15. The Morgan fingerprint density at radius 2 is 2.28 bits per heavy atom. The standard InChI is InChI=1S/C16H21N5O3S/c17-15-21-20-14(25-15)7-8-18-16(22)19-12-5-1-2-6-13(12)24-10-11-4-3-9-23-11/h1-2,5-6,11H,3-4,7-10H2,(H2,17,21)(H2,18,19,22). The monoisotopic (exact) mass is 363 g/mol. The van der Waals surface area contributed by atoms with E-state index in [2.05, 4.69) is 20.8 Å². The summed E-state index contributed by atoms with van der Waals surface area (Å²) in [4.78, 5) is 12.1. The van der Waals surface area contributed by atoms with Gasteiger partial charge in [0.2, 0.25) is 5.13 Å². The van der Waals surface area contributed by atoms with Crippen molar-refractivity contribution in [3.63, 3.8) is 0 Å². The van der Waals surface area contributed by atoms with E-state index >= 15 is 0 Å². The zero-order chi connectivity index (χ0) is 17.5. The van der Waals surface area contributed by atoms with E-state index in [1.807, 2.05) is 18.2 Å². The van der Waals surface area contributed by atoms with Crippen LogP contribution < -0.4 is 21.1 Å². The number of anilines is 2. The van der Waals surface area contributed by atoms with Gasteiger partial charge in [0.15, 0.2) is 0 Å². The minimum absolute atomic E-state index is 0.126. The first-order chi connectivity index (χ1) is 12.2. The van der Waals surface area contributed by atoms with Crippen LogP contribution in [-0.2, 0) is 11.2 Å². The summed E-state index contributed by atoms with van der Waals surface area (Å²) in [6.07, 6.45) is 2.78. The highest BCUT2D eigenvalue weighted by atomic mass is 32.1. The molecule has 25 heavy (non-hydrogen) atoms. The molecular weight excluding hydrogens is 342 g/mol. The van der Waals surface area contributed by atoms with Crippen LogP contribution in [0.1, 0.15) is 17.8 Å². The molecule has 1 aromatic heterocycles. The second-order valence-electron chi connectivity index (χ2n) is 5.61. The van der Waals surface area contributed by atoms with Crippen LogP contribution in [0.15, 0.2) is 24.3 Å². The highest BCUT2D eigenvalue weighted by molar-refractivity contribution is 7.15. The van der Waals surface area contributed by atoms with Crippen LogP contribution in [-0.4, -0.2) is 42.1 Å². The van der Waals surface area contributed by atoms with E-state index in [0.29, 0.717) is 36.1 Å². The first-order valence-corrected chi connectivity index (χ1v) is 8.98. The molecule has 2 aromatic rings. The Hall–Kier alpha value is -2.39. The van der Waals surface area contributed by atoms with Crippen LogP contribution in [0.4, 0.5) is 15.6 Å². The van der Waals surface area contributed by atoms with Gasteiger partial charge in [0.1, 0.15) is 17.4 Å². The van der Waals surface area contributed by atoms with Crippen LogP contribution in [0.5, 0.6) is 5.75 Å². The van der Waals surface area contributed by atoms with Crippen molar-refractivity contribution in [3.05, 3.63) is 29.3 Å². The third-order valence-electron chi connectivity index (χ3n) is 3.69. The van der Waals surface area contributed by atoms with Gasteiger partial charge in [0, 0.05) is 19.6 Å². The maximum absolute atomic E-state index is 12.1. The molecular formula is C16H21N5O3S. The van der Waals surface area contributed by atoms with Crippen LogP contribution >= 0.6 is 11.3 Å². The van der Waals surface area contributed by atoms with Gasteiger partial charge in [-0.25, -0.2) is 4.79 Å². The summed E-state index contributed by atoms with van der Waals surface area (Å²) in [5.74, 6) is 0.630. The lowest BCUT2D eigenvalue weighted by molar-refractivity contribution is 0.0682. The topological polar surface area (TPSA) is 111 Å². The van der Waals surface area contributed by atoms with Gasteiger partial charge in [-0.2, -0.15) is 0 Å². The summed E-state index contributed by atoms with van der Waals surface area (Å²) in [7, 11) is 0. The van der Waals surface area contributed by atoms with Crippen molar-refractivity contribution < 1.29 is 14.3 Å². The molecule has 4 N–H and O–H groups in total. The van der Waals surface area contributed by atoms with Gasteiger partial charge < -0.3 is 25.8 Å². The molecule has 9 heteroatoms. The van der Waals surface area contributed by atoms with Crippen LogP contribution in [0, 0.1) is 0 Å². The fourth-order valence-electron chi connectivity index (χ4n) is 2.47. The molecule has 1 aromatic carbocycles. The number of aromatic nitrogens is 2. The molecule has 3 rings (SSSR count). The molecule has 0 saturated carbocycles. The van der Waals surface area contributed by atoms with E-state index in [0.717, 1.165) is 24.5 Å². The largest absolute Gasteiger partial charge is 0.489 e. The van der Waals surface area contributed by atoms with Gasteiger partial charge in [-0.15, -0.1) is 10.2 Å². The summed E-state index contributed by atoms with van der Waals surface area (Å²) in [6, 6.07) is 7.04. The lowest BCUT2D eigenvalue weighted by atomic mass is 10.2. The number of carbonyl (C=O) groups is 1. The second kappa shape index (κ2) is 8.63. The number of para-hydroxylation sites is 2. The minimum atomic E-state index is -0.300. The fraction of sp³-hybridized carbons (Fsp3) is 0.438. The summed E-state index contributed by atoms with van der Waals surface area (Å²) in [5, 5.41) is 14.5. The Balaban J connectivity index is 1.46. The smallest absolute Gasteiger partial charge is 0.319 e. The van der Waals surface area contributed by atoms with Crippen molar-refractivity contribution >= 4 is 28.2 Å². The predicted molar refractivity (Wildman–Crippen MR) is 96.0 cm³/mol. The first kappa shape index (κ1) is 17.4. The van der Waals surface area contributed by atoms with Crippen molar-refractivity contribution in [2.45, 2.75) is 25.4 Å². The summed E-state index contributed by atoms with van der Waals surface area (Å²) in [6.45, 7) is 1.72. The van der Waals surface area contributed by atoms with Gasteiger partial charge in [-0.3, -0.25) is 0 Å². The maximum atomic E-state index is 12.1. The van der Waals surface area contributed by atoms with E-state index < -0.39 is 0 Å². The molecule has 2 heterocycles. The number of urea groups is 1. The van der Waals surface area contributed by atoms with E-state index in [-0.39, 0.29) is 12.1 Å². The van der Waals surface area contributed by atoms with E-state index in [1.165, 1.54) is 11.3 Å². The number of carbonyl (C=O) groups excluding carboxylic acids is 1. The Labute approximate surface area is 149 Å². The number of hydrogen-bond donors (Lipinski definition) is 3. The number of nitrogens with two attached hydrogens (primary N) is 1. The average molecular weight is 363 g/mol. The Kier molecular flexibility index (Phi) is 6.02. The lowest BCUT2D eigenvalue weighted by Crippen LogP contribution is -2.30. The number of hydrogen-bond acceptors (Lipinski definition) is 7. The van der Waals surface area contributed by atoms with Gasteiger partial charge in [0.25, 0.3) is 0 Å². The number of nitrogens with one attached hydrogen (secondary N) is 2. The van der Waals surface area contributed by atoms with Gasteiger partial charge >= 0.3 is 6.03 Å². The van der Waals surface area contributed by atoms with E-state index in [1.54, 1.807) is 6.07 Å². The number of benzene rings is 1. The third-order valence-corrected chi connectivity index (χ3v) is 4.50. The Morgan fingerprint density at radius 1 is 1.40 bits per heavy atom. The van der Waals surface area contributed by atoms with E-state index in [4.69, 9.17) is 15.2 Å². The normalized spacial score (nSPS) is 16.6. The molecule has 2 amide bonds. The molecule has 1 atom stereocenters. The predicted octanol–water partition coefficient (Wildman–Crippen LogP) is 2.04. The second-order valence-corrected chi connectivity index (χ2v) is 6.70. The summed E-state index contributed by atoms with van der Waals surface area (Å²) in [5.41, 5.74) is 6.15. The maximum Gasteiger partial charge on any atom is 0.319 e. The molecule has 1 aliphatic heterocycles. The third kappa shape index (κ3) is 5.30. The zero-order valence-corrected chi connectivity index (χ0v) is 14.6. The Bertz CT molecular complexity index is 703. The summed E-state index contributed by atoms with van der Waals surface area (Å²) < 4.78 is 11.3. The number of amides is 2. The van der Waals surface area contributed by atoms with Crippen molar-refractivity contribution in [2.24, 2.45) is 0 Å². The minimum Gasteiger partial charge on any atom is -0.489 e. The van der Waals surface area contributed by atoms with Crippen molar-refractivity contribution in [2.75, 3.05) is 30.8 Å². The highest BCUT2D eigenvalue weighted by Crippen LogP contribution is 2.25. The molecule has 0 bridgehead atoms. The molecule has 1 unspecified atom stereocenters. The molecule has 1 fully saturated rings. The number of rotatable bonds is 7.